The number of nitrogens with zero attached hydrogens (tertiary/aromatic N) is 2. The monoisotopic (exact) mass is 284 g/mol. The van der Waals surface area contributed by atoms with Crippen LogP contribution >= 0.6 is 0 Å². The first kappa shape index (κ1) is 13.4. The Morgan fingerprint density at radius 3 is 2.62 bits per heavy atom. The van der Waals surface area contributed by atoms with Crippen molar-refractivity contribution < 1.29 is 14.7 Å². The summed E-state index contributed by atoms with van der Waals surface area (Å²) in [5.41, 5.74) is 2.00. The Bertz CT molecular complexity index is 705. The molecule has 1 aromatic heterocycles. The number of rotatable bonds is 2. The molecule has 0 saturated carbocycles. The Morgan fingerprint density at radius 1 is 1.19 bits per heavy atom. The van der Waals surface area contributed by atoms with Crippen molar-refractivity contribution in [3.63, 3.8) is 0 Å². The van der Waals surface area contributed by atoms with Crippen LogP contribution in [0.15, 0.2) is 42.6 Å². The first-order valence-electron chi connectivity index (χ1n) is 6.84. The number of aliphatic carboxylic acids is 1. The van der Waals surface area contributed by atoms with Gasteiger partial charge in [0.15, 0.2) is 0 Å². The molecule has 0 fully saturated rings. The van der Waals surface area contributed by atoms with Crippen molar-refractivity contribution in [2.75, 3.05) is 11.4 Å². The molecule has 0 radical (unpaired) electrons. The molecule has 108 valence electrons. The van der Waals surface area contributed by atoms with Gasteiger partial charge in [0.1, 0.15) is 5.69 Å². The molecule has 1 amide bonds. The van der Waals surface area contributed by atoms with Gasteiger partial charge >= 0.3 is 5.97 Å². The van der Waals surface area contributed by atoms with Crippen molar-refractivity contribution in [1.82, 2.24) is 4.57 Å². The lowest BCUT2D eigenvalue weighted by Gasteiger charge is -2.32. The minimum absolute atomic E-state index is 0.0983. The molecule has 5 heteroatoms. The van der Waals surface area contributed by atoms with Crippen molar-refractivity contribution in [2.24, 2.45) is 7.05 Å². The van der Waals surface area contributed by atoms with E-state index >= 15 is 0 Å². The molecule has 5 nitrogen and oxygen atoms in total. The van der Waals surface area contributed by atoms with Crippen molar-refractivity contribution in [3.8, 4) is 0 Å². The number of carboxylic acid groups (broad SMARTS) is 1. The first-order chi connectivity index (χ1) is 10.1. The third-order valence-electron chi connectivity index (χ3n) is 3.95. The summed E-state index contributed by atoms with van der Waals surface area (Å²) >= 11 is 0. The zero-order valence-corrected chi connectivity index (χ0v) is 11.7. The molecule has 0 aliphatic carbocycles. The molecule has 1 aliphatic heterocycles. The molecule has 2 heterocycles. The van der Waals surface area contributed by atoms with Crippen LogP contribution < -0.4 is 4.90 Å². The van der Waals surface area contributed by atoms with Crippen molar-refractivity contribution in [1.29, 1.82) is 0 Å². The highest BCUT2D eigenvalue weighted by molar-refractivity contribution is 6.06. The maximum absolute atomic E-state index is 12.7. The van der Waals surface area contributed by atoms with Gasteiger partial charge in [-0.05, 0) is 30.2 Å². The number of amides is 1. The molecule has 1 atom stereocenters. The number of para-hydroxylation sites is 1. The van der Waals surface area contributed by atoms with Crippen LogP contribution in [0.25, 0.3) is 0 Å². The van der Waals surface area contributed by atoms with E-state index in [0.29, 0.717) is 29.9 Å². The Labute approximate surface area is 122 Å². The number of fused-ring (bicyclic) bond motifs is 1. The number of carbonyl (C=O) groups is 2. The number of carbonyl (C=O) groups excluding carboxylic acids is 1. The number of benzene rings is 1. The van der Waals surface area contributed by atoms with Gasteiger partial charge in [0.25, 0.3) is 5.91 Å². The van der Waals surface area contributed by atoms with E-state index in [0.717, 1.165) is 0 Å². The molecule has 1 unspecified atom stereocenters. The van der Waals surface area contributed by atoms with E-state index in [9.17, 15) is 14.7 Å². The van der Waals surface area contributed by atoms with Crippen molar-refractivity contribution in [3.05, 3.63) is 53.9 Å². The second-order valence-electron chi connectivity index (χ2n) is 5.20. The molecule has 1 aromatic carbocycles. The van der Waals surface area contributed by atoms with Crippen LogP contribution in [0.1, 0.15) is 28.4 Å². The van der Waals surface area contributed by atoms with Crippen LogP contribution in [0.4, 0.5) is 5.69 Å². The third kappa shape index (κ3) is 2.20. The summed E-state index contributed by atoms with van der Waals surface area (Å²) in [6.45, 7) is 0.415. The summed E-state index contributed by atoms with van der Waals surface area (Å²) in [6, 6.07) is 10.8. The fourth-order valence-electron chi connectivity index (χ4n) is 2.85. The second-order valence-corrected chi connectivity index (χ2v) is 5.20. The maximum Gasteiger partial charge on any atom is 0.311 e. The van der Waals surface area contributed by atoms with Gasteiger partial charge in [0.2, 0.25) is 0 Å². The van der Waals surface area contributed by atoms with Gasteiger partial charge in [0, 0.05) is 25.5 Å². The minimum Gasteiger partial charge on any atom is -0.481 e. The Hall–Kier alpha value is -2.56. The van der Waals surface area contributed by atoms with Crippen molar-refractivity contribution in [2.45, 2.75) is 12.3 Å². The molecule has 0 spiro atoms. The quantitative estimate of drug-likeness (QED) is 0.920. The van der Waals surface area contributed by atoms with Crippen molar-refractivity contribution >= 4 is 17.6 Å². The van der Waals surface area contributed by atoms with Crippen LogP contribution in [0.3, 0.4) is 0 Å². The number of hydrogen-bond acceptors (Lipinski definition) is 2. The highest BCUT2D eigenvalue weighted by atomic mass is 16.4. The highest BCUT2D eigenvalue weighted by Gasteiger charge is 2.33. The number of aryl methyl sites for hydroxylation is 1. The zero-order chi connectivity index (χ0) is 15.0. The molecule has 0 bridgehead atoms. The summed E-state index contributed by atoms with van der Waals surface area (Å²) in [7, 11) is 1.82. The third-order valence-corrected chi connectivity index (χ3v) is 3.95. The van der Waals surface area contributed by atoms with E-state index in [4.69, 9.17) is 0 Å². The zero-order valence-electron chi connectivity index (χ0n) is 11.7. The van der Waals surface area contributed by atoms with Crippen LogP contribution in [-0.4, -0.2) is 28.1 Å². The number of aromatic nitrogens is 1. The van der Waals surface area contributed by atoms with E-state index in [-0.39, 0.29) is 5.91 Å². The average Bonchev–Trinajstić information content (AvgIpc) is 2.91. The lowest BCUT2D eigenvalue weighted by Crippen LogP contribution is -2.38. The smallest absolute Gasteiger partial charge is 0.311 e. The van der Waals surface area contributed by atoms with E-state index < -0.39 is 11.9 Å². The summed E-state index contributed by atoms with van der Waals surface area (Å²) in [6.07, 6.45) is 2.26. The Morgan fingerprint density at radius 2 is 1.95 bits per heavy atom. The SMILES string of the molecule is Cn1cccc1C(=O)N1CCC(C(=O)O)c2ccccc21. The molecule has 1 aliphatic rings. The standard InChI is InChI=1S/C16H16N2O3/c1-17-9-4-7-14(17)15(19)18-10-8-12(16(20)21)11-5-2-3-6-13(11)18/h2-7,9,12H,8,10H2,1H3,(H,20,21). The van der Waals surface area contributed by atoms with Gasteiger partial charge in [-0.2, -0.15) is 0 Å². The molecule has 21 heavy (non-hydrogen) atoms. The maximum atomic E-state index is 12.7. The summed E-state index contributed by atoms with van der Waals surface area (Å²) in [4.78, 5) is 25.7. The van der Waals surface area contributed by atoms with Gasteiger partial charge in [-0.1, -0.05) is 18.2 Å². The number of carboxylic acids is 1. The predicted octanol–water partition coefficient (Wildman–Crippen LogP) is 2.24. The van der Waals surface area contributed by atoms with Gasteiger partial charge in [-0.3, -0.25) is 9.59 Å². The lowest BCUT2D eigenvalue weighted by molar-refractivity contribution is -0.139. The van der Waals surface area contributed by atoms with Crippen LogP contribution in [0.5, 0.6) is 0 Å². The van der Waals surface area contributed by atoms with E-state index in [1.54, 1.807) is 21.6 Å². The number of hydrogen-bond donors (Lipinski definition) is 1. The fourth-order valence-corrected chi connectivity index (χ4v) is 2.85. The van der Waals surface area contributed by atoms with Gasteiger partial charge in [0.05, 0.1) is 5.92 Å². The molecule has 1 N–H and O–H groups in total. The van der Waals surface area contributed by atoms with Crippen LogP contribution in [0, 0.1) is 0 Å². The van der Waals surface area contributed by atoms with E-state index in [1.165, 1.54) is 0 Å². The first-order valence-corrected chi connectivity index (χ1v) is 6.84. The Balaban J connectivity index is 2.02. The molecular formula is C16H16N2O3. The summed E-state index contributed by atoms with van der Waals surface area (Å²) < 4.78 is 1.77. The molecule has 0 saturated heterocycles. The van der Waals surface area contributed by atoms with E-state index in [1.807, 2.05) is 37.5 Å². The minimum atomic E-state index is -0.839. The molecule has 2 aromatic rings. The topological polar surface area (TPSA) is 62.5 Å². The van der Waals surface area contributed by atoms with Gasteiger partial charge < -0.3 is 14.6 Å². The Kier molecular flexibility index (Phi) is 3.25. The lowest BCUT2D eigenvalue weighted by atomic mass is 9.90. The predicted molar refractivity (Wildman–Crippen MR) is 78.5 cm³/mol. The molecular weight excluding hydrogens is 268 g/mol. The van der Waals surface area contributed by atoms with Crippen LogP contribution in [-0.2, 0) is 11.8 Å². The fraction of sp³-hybridized carbons (Fsp3) is 0.250. The normalized spacial score (nSPS) is 17.4. The number of anilines is 1. The second kappa shape index (κ2) is 5.09. The van der Waals surface area contributed by atoms with Gasteiger partial charge in [-0.15, -0.1) is 0 Å². The largest absolute Gasteiger partial charge is 0.481 e. The summed E-state index contributed by atoms with van der Waals surface area (Å²) in [5, 5.41) is 9.33. The average molecular weight is 284 g/mol. The highest BCUT2D eigenvalue weighted by Crippen LogP contribution is 2.36. The van der Waals surface area contributed by atoms with E-state index in [2.05, 4.69) is 0 Å². The van der Waals surface area contributed by atoms with Gasteiger partial charge in [-0.25, -0.2) is 0 Å². The van der Waals surface area contributed by atoms with Crippen LogP contribution in [0.2, 0.25) is 0 Å². The summed E-state index contributed by atoms with van der Waals surface area (Å²) in [5.74, 6) is -1.48. The molecule has 3 rings (SSSR count).